The summed E-state index contributed by atoms with van der Waals surface area (Å²) in [5.74, 6) is 1.25. The Labute approximate surface area is 147 Å². The average Bonchev–Trinajstić information content (AvgIpc) is 3.24. The summed E-state index contributed by atoms with van der Waals surface area (Å²) in [6.45, 7) is 1.75. The van der Waals surface area contributed by atoms with Crippen molar-refractivity contribution in [2.75, 3.05) is 19.7 Å². The van der Waals surface area contributed by atoms with Crippen molar-refractivity contribution in [2.45, 2.75) is 50.8 Å². The van der Waals surface area contributed by atoms with E-state index in [1.54, 1.807) is 6.20 Å². The molecular weight excluding hydrogens is 320 g/mol. The molecule has 1 aromatic rings. The Kier molecular flexibility index (Phi) is 4.50. The van der Waals surface area contributed by atoms with Crippen molar-refractivity contribution in [3.8, 4) is 0 Å². The molecule has 3 aliphatic rings. The van der Waals surface area contributed by atoms with Crippen LogP contribution in [0.5, 0.6) is 0 Å². The SMILES string of the molecule is Cn1ccnc1CN1C(=O)CO[C@H]2CN(C(=O)C3CCCCC3)C[C@H]21. The second-order valence-corrected chi connectivity index (χ2v) is 7.47. The Morgan fingerprint density at radius 1 is 1.28 bits per heavy atom. The Morgan fingerprint density at radius 3 is 2.80 bits per heavy atom. The zero-order chi connectivity index (χ0) is 17.4. The minimum atomic E-state index is -0.0782. The van der Waals surface area contributed by atoms with Gasteiger partial charge in [0.05, 0.1) is 18.7 Å². The third-order valence-corrected chi connectivity index (χ3v) is 5.88. The van der Waals surface area contributed by atoms with Gasteiger partial charge in [0.25, 0.3) is 0 Å². The van der Waals surface area contributed by atoms with E-state index in [2.05, 4.69) is 4.98 Å². The lowest BCUT2D eigenvalue weighted by atomic mass is 9.88. The van der Waals surface area contributed by atoms with Gasteiger partial charge in [-0.2, -0.15) is 0 Å². The molecule has 7 nitrogen and oxygen atoms in total. The van der Waals surface area contributed by atoms with Gasteiger partial charge >= 0.3 is 0 Å². The molecule has 1 saturated carbocycles. The molecule has 2 atom stereocenters. The number of likely N-dealkylation sites (tertiary alicyclic amines) is 1. The molecule has 1 aliphatic carbocycles. The summed E-state index contributed by atoms with van der Waals surface area (Å²) in [6, 6.07) is -0.0644. The van der Waals surface area contributed by atoms with Crippen LogP contribution in [-0.2, 0) is 27.9 Å². The fraction of sp³-hybridized carbons (Fsp3) is 0.722. The Hall–Kier alpha value is -1.89. The Morgan fingerprint density at radius 2 is 2.08 bits per heavy atom. The maximum atomic E-state index is 12.9. The van der Waals surface area contributed by atoms with Crippen molar-refractivity contribution < 1.29 is 14.3 Å². The summed E-state index contributed by atoms with van der Waals surface area (Å²) in [5.41, 5.74) is 0. The van der Waals surface area contributed by atoms with Gasteiger partial charge in [-0.05, 0) is 12.8 Å². The average molecular weight is 346 g/mol. The lowest BCUT2D eigenvalue weighted by Crippen LogP contribution is -2.53. The van der Waals surface area contributed by atoms with E-state index in [1.807, 2.05) is 27.6 Å². The summed E-state index contributed by atoms with van der Waals surface area (Å²) in [7, 11) is 1.93. The van der Waals surface area contributed by atoms with Crippen molar-refractivity contribution >= 4 is 11.8 Å². The number of aryl methyl sites for hydroxylation is 1. The molecule has 0 N–H and O–H groups in total. The minimum absolute atomic E-state index is 0.0174. The van der Waals surface area contributed by atoms with Crippen LogP contribution in [0.3, 0.4) is 0 Å². The lowest BCUT2D eigenvalue weighted by molar-refractivity contribution is -0.154. The van der Waals surface area contributed by atoms with Crippen LogP contribution < -0.4 is 0 Å². The van der Waals surface area contributed by atoms with Gasteiger partial charge < -0.3 is 19.1 Å². The fourth-order valence-corrected chi connectivity index (χ4v) is 4.36. The molecule has 7 heteroatoms. The molecule has 136 valence electrons. The van der Waals surface area contributed by atoms with E-state index in [1.165, 1.54) is 6.42 Å². The molecule has 4 rings (SSSR count). The van der Waals surface area contributed by atoms with E-state index in [0.29, 0.717) is 19.6 Å². The van der Waals surface area contributed by atoms with Crippen molar-refractivity contribution in [3.63, 3.8) is 0 Å². The number of imidazole rings is 1. The third kappa shape index (κ3) is 3.17. The zero-order valence-electron chi connectivity index (χ0n) is 14.8. The van der Waals surface area contributed by atoms with Gasteiger partial charge in [-0.3, -0.25) is 9.59 Å². The van der Waals surface area contributed by atoms with E-state index >= 15 is 0 Å². The Balaban J connectivity index is 1.47. The highest BCUT2D eigenvalue weighted by molar-refractivity contribution is 5.81. The second kappa shape index (κ2) is 6.78. The molecule has 3 fully saturated rings. The Bertz CT molecular complexity index is 653. The quantitative estimate of drug-likeness (QED) is 0.817. The predicted octanol–water partition coefficient (Wildman–Crippen LogP) is 0.939. The van der Waals surface area contributed by atoms with Gasteiger partial charge in [-0.25, -0.2) is 4.98 Å². The molecule has 2 aliphatic heterocycles. The summed E-state index contributed by atoms with van der Waals surface area (Å²) < 4.78 is 7.68. The van der Waals surface area contributed by atoms with Gasteiger partial charge in [0.15, 0.2) is 0 Å². The van der Waals surface area contributed by atoms with Crippen molar-refractivity contribution in [2.24, 2.45) is 13.0 Å². The molecule has 3 heterocycles. The van der Waals surface area contributed by atoms with Gasteiger partial charge in [0, 0.05) is 38.4 Å². The topological polar surface area (TPSA) is 67.7 Å². The molecule has 0 radical (unpaired) electrons. The first kappa shape index (κ1) is 16.6. The van der Waals surface area contributed by atoms with Crippen LogP contribution in [-0.4, -0.2) is 63.0 Å². The highest BCUT2D eigenvalue weighted by Gasteiger charge is 2.45. The standard InChI is InChI=1S/C18H26N4O3/c1-20-8-7-19-16(20)11-22-14-9-21(10-15(14)25-12-17(22)23)18(24)13-5-3-2-4-6-13/h7-8,13-15H,2-6,9-12H2,1H3/t14-,15+/m1/s1. The number of morpholine rings is 1. The third-order valence-electron chi connectivity index (χ3n) is 5.88. The van der Waals surface area contributed by atoms with E-state index in [4.69, 9.17) is 4.74 Å². The number of rotatable bonds is 3. The highest BCUT2D eigenvalue weighted by atomic mass is 16.5. The molecule has 1 aromatic heterocycles. The maximum Gasteiger partial charge on any atom is 0.249 e. The van der Waals surface area contributed by atoms with Crippen LogP contribution in [0.2, 0.25) is 0 Å². The van der Waals surface area contributed by atoms with Crippen molar-refractivity contribution in [1.29, 1.82) is 0 Å². The number of fused-ring (bicyclic) bond motifs is 1. The van der Waals surface area contributed by atoms with Crippen LogP contribution >= 0.6 is 0 Å². The number of carbonyl (C=O) groups excluding carboxylic acids is 2. The molecule has 0 unspecified atom stereocenters. The minimum Gasteiger partial charge on any atom is -0.364 e. The van der Waals surface area contributed by atoms with Crippen LogP contribution in [0.4, 0.5) is 0 Å². The number of carbonyl (C=O) groups is 2. The van der Waals surface area contributed by atoms with Crippen LogP contribution in [0.15, 0.2) is 12.4 Å². The summed E-state index contributed by atoms with van der Waals surface area (Å²) >= 11 is 0. The molecule has 0 bridgehead atoms. The van der Waals surface area contributed by atoms with E-state index < -0.39 is 0 Å². The van der Waals surface area contributed by atoms with Crippen molar-refractivity contribution in [3.05, 3.63) is 18.2 Å². The normalized spacial score (nSPS) is 27.6. The molecular formula is C18H26N4O3. The number of ether oxygens (including phenoxy) is 1. The predicted molar refractivity (Wildman–Crippen MR) is 90.4 cm³/mol. The first-order chi connectivity index (χ1) is 12.1. The fourth-order valence-electron chi connectivity index (χ4n) is 4.36. The van der Waals surface area contributed by atoms with Gasteiger partial charge in [0.2, 0.25) is 11.8 Å². The largest absolute Gasteiger partial charge is 0.364 e. The summed E-state index contributed by atoms with van der Waals surface area (Å²) in [6.07, 6.45) is 9.09. The molecule has 25 heavy (non-hydrogen) atoms. The van der Waals surface area contributed by atoms with Crippen molar-refractivity contribution in [1.82, 2.24) is 19.4 Å². The van der Waals surface area contributed by atoms with Crippen LogP contribution in [0.1, 0.15) is 37.9 Å². The monoisotopic (exact) mass is 346 g/mol. The molecule has 2 amide bonds. The molecule has 0 spiro atoms. The van der Waals surface area contributed by atoms with Crippen LogP contribution in [0.25, 0.3) is 0 Å². The van der Waals surface area contributed by atoms with E-state index in [-0.39, 0.29) is 36.5 Å². The number of amides is 2. The second-order valence-electron chi connectivity index (χ2n) is 7.47. The number of hydrogen-bond acceptors (Lipinski definition) is 4. The van der Waals surface area contributed by atoms with Gasteiger partial charge in [0.1, 0.15) is 12.4 Å². The summed E-state index contributed by atoms with van der Waals surface area (Å²) in [4.78, 5) is 33.4. The van der Waals surface area contributed by atoms with E-state index in [9.17, 15) is 9.59 Å². The number of aromatic nitrogens is 2. The van der Waals surface area contributed by atoms with Crippen LogP contribution in [0, 0.1) is 5.92 Å². The highest BCUT2D eigenvalue weighted by Crippen LogP contribution is 2.30. The number of nitrogens with zero attached hydrogens (tertiary/aromatic N) is 4. The first-order valence-corrected chi connectivity index (χ1v) is 9.29. The van der Waals surface area contributed by atoms with Gasteiger partial charge in [-0.15, -0.1) is 0 Å². The lowest BCUT2D eigenvalue weighted by Gasteiger charge is -2.36. The first-order valence-electron chi connectivity index (χ1n) is 9.29. The zero-order valence-corrected chi connectivity index (χ0v) is 14.8. The summed E-state index contributed by atoms with van der Waals surface area (Å²) in [5, 5.41) is 0. The van der Waals surface area contributed by atoms with Gasteiger partial charge in [-0.1, -0.05) is 19.3 Å². The smallest absolute Gasteiger partial charge is 0.249 e. The van der Waals surface area contributed by atoms with E-state index in [0.717, 1.165) is 31.5 Å². The molecule has 2 saturated heterocycles. The number of hydrogen-bond donors (Lipinski definition) is 0. The maximum absolute atomic E-state index is 12.9. The molecule has 0 aromatic carbocycles.